The SMILES string of the molecule is O=C(CSc1ccccc1F)Oc1ccc2c(c1)CCCC2=O. The van der Waals surface area contributed by atoms with Gasteiger partial charge in [0, 0.05) is 16.9 Å². The minimum Gasteiger partial charge on any atom is -0.426 e. The van der Waals surface area contributed by atoms with Crippen molar-refractivity contribution in [3.63, 3.8) is 0 Å². The summed E-state index contributed by atoms with van der Waals surface area (Å²) in [7, 11) is 0. The molecule has 0 heterocycles. The quantitative estimate of drug-likeness (QED) is 0.482. The third-order valence-corrected chi connectivity index (χ3v) is 4.66. The van der Waals surface area contributed by atoms with E-state index in [9.17, 15) is 14.0 Å². The summed E-state index contributed by atoms with van der Waals surface area (Å²) in [5, 5.41) is 0. The van der Waals surface area contributed by atoms with E-state index in [0.717, 1.165) is 35.7 Å². The van der Waals surface area contributed by atoms with Gasteiger partial charge in [-0.15, -0.1) is 11.8 Å². The Balaban J connectivity index is 1.62. The Morgan fingerprint density at radius 1 is 1.17 bits per heavy atom. The number of carbonyl (C=O) groups excluding carboxylic acids is 2. The average Bonchev–Trinajstić information content (AvgIpc) is 2.54. The molecule has 0 aliphatic heterocycles. The fraction of sp³-hybridized carbons (Fsp3) is 0.222. The van der Waals surface area contributed by atoms with Crippen LogP contribution in [0.2, 0.25) is 0 Å². The first kappa shape index (κ1) is 15.7. The first-order valence-corrected chi connectivity index (χ1v) is 8.36. The molecule has 3 rings (SSSR count). The van der Waals surface area contributed by atoms with Gasteiger partial charge in [-0.2, -0.15) is 0 Å². The van der Waals surface area contributed by atoms with Crippen molar-refractivity contribution in [3.8, 4) is 5.75 Å². The Morgan fingerprint density at radius 3 is 2.83 bits per heavy atom. The van der Waals surface area contributed by atoms with Gasteiger partial charge in [-0.3, -0.25) is 9.59 Å². The van der Waals surface area contributed by atoms with Crippen LogP contribution in [0.3, 0.4) is 0 Å². The molecule has 0 radical (unpaired) electrons. The molecule has 118 valence electrons. The van der Waals surface area contributed by atoms with Crippen LogP contribution in [0.15, 0.2) is 47.4 Å². The number of halogens is 1. The molecule has 5 heteroatoms. The van der Waals surface area contributed by atoms with Gasteiger partial charge >= 0.3 is 5.97 Å². The van der Waals surface area contributed by atoms with Crippen LogP contribution >= 0.6 is 11.8 Å². The number of aryl methyl sites for hydroxylation is 1. The van der Waals surface area contributed by atoms with Crippen LogP contribution in [-0.2, 0) is 11.2 Å². The molecule has 0 aromatic heterocycles. The van der Waals surface area contributed by atoms with Gasteiger partial charge in [-0.05, 0) is 48.7 Å². The fourth-order valence-electron chi connectivity index (χ4n) is 2.55. The highest BCUT2D eigenvalue weighted by atomic mass is 32.2. The third-order valence-electron chi connectivity index (χ3n) is 3.64. The second-order valence-electron chi connectivity index (χ2n) is 5.29. The molecule has 1 aliphatic rings. The molecule has 2 aromatic rings. The van der Waals surface area contributed by atoms with E-state index >= 15 is 0 Å². The molecule has 0 saturated carbocycles. The molecule has 0 saturated heterocycles. The van der Waals surface area contributed by atoms with E-state index in [0.29, 0.717) is 17.1 Å². The number of esters is 1. The minimum absolute atomic E-state index is 0.0248. The highest BCUT2D eigenvalue weighted by Gasteiger charge is 2.18. The number of ketones is 1. The summed E-state index contributed by atoms with van der Waals surface area (Å²) < 4.78 is 18.8. The Hall–Kier alpha value is -2.14. The van der Waals surface area contributed by atoms with Gasteiger partial charge in [-0.1, -0.05) is 12.1 Å². The molecule has 1 aliphatic carbocycles. The smallest absolute Gasteiger partial charge is 0.321 e. The second-order valence-corrected chi connectivity index (χ2v) is 6.31. The highest BCUT2D eigenvalue weighted by molar-refractivity contribution is 8.00. The maximum absolute atomic E-state index is 13.5. The van der Waals surface area contributed by atoms with Crippen molar-refractivity contribution in [2.24, 2.45) is 0 Å². The fourth-order valence-corrected chi connectivity index (χ4v) is 3.26. The summed E-state index contributed by atoms with van der Waals surface area (Å²) in [6, 6.07) is 11.4. The van der Waals surface area contributed by atoms with E-state index in [4.69, 9.17) is 4.74 Å². The van der Waals surface area contributed by atoms with E-state index in [-0.39, 0.29) is 17.4 Å². The molecule has 2 aromatic carbocycles. The van der Waals surface area contributed by atoms with E-state index in [1.165, 1.54) is 6.07 Å². The predicted molar refractivity (Wildman–Crippen MR) is 86.5 cm³/mol. The summed E-state index contributed by atoms with van der Waals surface area (Å²) in [6.07, 6.45) is 2.22. The van der Waals surface area contributed by atoms with Gasteiger partial charge in [0.15, 0.2) is 5.78 Å². The van der Waals surface area contributed by atoms with Gasteiger partial charge < -0.3 is 4.74 Å². The van der Waals surface area contributed by atoms with Crippen LogP contribution in [0.5, 0.6) is 5.75 Å². The Kier molecular flexibility index (Phi) is 4.76. The Labute approximate surface area is 137 Å². The van der Waals surface area contributed by atoms with Crippen LogP contribution in [0, 0.1) is 5.82 Å². The van der Waals surface area contributed by atoms with Crippen LogP contribution in [0.25, 0.3) is 0 Å². The minimum atomic E-state index is -0.444. The largest absolute Gasteiger partial charge is 0.426 e. The van der Waals surface area contributed by atoms with Gasteiger partial charge in [0.2, 0.25) is 0 Å². The Bertz CT molecular complexity index is 758. The molecule has 3 nitrogen and oxygen atoms in total. The summed E-state index contributed by atoms with van der Waals surface area (Å²) >= 11 is 1.10. The number of hydrogen-bond acceptors (Lipinski definition) is 4. The van der Waals surface area contributed by atoms with Crippen LogP contribution in [-0.4, -0.2) is 17.5 Å². The van der Waals surface area contributed by atoms with Gasteiger partial charge in [0.05, 0.1) is 5.75 Å². The highest BCUT2D eigenvalue weighted by Crippen LogP contribution is 2.26. The number of Topliss-reactive ketones (excluding diaryl/α,β-unsaturated/α-hetero) is 1. The summed E-state index contributed by atoms with van der Waals surface area (Å²) in [4.78, 5) is 24.1. The van der Waals surface area contributed by atoms with Crippen molar-refractivity contribution in [3.05, 3.63) is 59.4 Å². The van der Waals surface area contributed by atoms with Crippen molar-refractivity contribution in [2.45, 2.75) is 24.2 Å². The normalized spacial score (nSPS) is 13.5. The molecule has 0 fully saturated rings. The molecule has 0 unspecified atom stereocenters. The van der Waals surface area contributed by atoms with E-state index < -0.39 is 5.97 Å². The topological polar surface area (TPSA) is 43.4 Å². The molecule has 23 heavy (non-hydrogen) atoms. The zero-order chi connectivity index (χ0) is 16.2. The van der Waals surface area contributed by atoms with Crippen molar-refractivity contribution >= 4 is 23.5 Å². The first-order valence-electron chi connectivity index (χ1n) is 7.37. The maximum atomic E-state index is 13.5. The average molecular weight is 330 g/mol. The maximum Gasteiger partial charge on any atom is 0.321 e. The number of rotatable bonds is 4. The van der Waals surface area contributed by atoms with E-state index in [2.05, 4.69) is 0 Å². The van der Waals surface area contributed by atoms with E-state index in [1.54, 1.807) is 36.4 Å². The molecule has 0 N–H and O–H groups in total. The lowest BCUT2D eigenvalue weighted by Crippen LogP contribution is -2.13. The lowest BCUT2D eigenvalue weighted by molar-refractivity contribution is -0.131. The number of thioether (sulfide) groups is 1. The van der Waals surface area contributed by atoms with Gasteiger partial charge in [-0.25, -0.2) is 4.39 Å². The third kappa shape index (κ3) is 3.79. The number of fused-ring (bicyclic) bond motifs is 1. The van der Waals surface area contributed by atoms with E-state index in [1.807, 2.05) is 0 Å². The standard InChI is InChI=1S/C18H15FO3S/c19-15-5-1-2-7-17(15)23-11-18(21)22-13-8-9-14-12(10-13)4-3-6-16(14)20/h1-2,5,7-10H,3-4,6,11H2. The molecular formula is C18H15FO3S. The molecule has 0 spiro atoms. The van der Waals surface area contributed by atoms with Gasteiger partial charge in [0.25, 0.3) is 0 Å². The zero-order valence-electron chi connectivity index (χ0n) is 12.4. The zero-order valence-corrected chi connectivity index (χ0v) is 13.2. The van der Waals surface area contributed by atoms with Crippen molar-refractivity contribution in [2.75, 3.05) is 5.75 Å². The lowest BCUT2D eigenvalue weighted by Gasteiger charge is -2.15. The van der Waals surface area contributed by atoms with Crippen LogP contribution in [0.4, 0.5) is 4.39 Å². The lowest BCUT2D eigenvalue weighted by atomic mass is 9.91. The predicted octanol–water partition coefficient (Wildman–Crippen LogP) is 4.04. The number of benzene rings is 2. The first-order chi connectivity index (χ1) is 11.1. The summed E-state index contributed by atoms with van der Waals surface area (Å²) in [6.45, 7) is 0. The monoisotopic (exact) mass is 330 g/mol. The second kappa shape index (κ2) is 6.96. The number of ether oxygens (including phenoxy) is 1. The van der Waals surface area contributed by atoms with Crippen molar-refractivity contribution < 1.29 is 18.7 Å². The molecule has 0 amide bonds. The van der Waals surface area contributed by atoms with Crippen LogP contribution < -0.4 is 4.74 Å². The van der Waals surface area contributed by atoms with Crippen molar-refractivity contribution in [1.29, 1.82) is 0 Å². The summed E-state index contributed by atoms with van der Waals surface area (Å²) in [5.41, 5.74) is 1.64. The summed E-state index contributed by atoms with van der Waals surface area (Å²) in [5.74, 6) is -0.202. The van der Waals surface area contributed by atoms with Crippen LogP contribution in [0.1, 0.15) is 28.8 Å². The van der Waals surface area contributed by atoms with Gasteiger partial charge in [0.1, 0.15) is 11.6 Å². The molecular weight excluding hydrogens is 315 g/mol. The Morgan fingerprint density at radius 2 is 2.00 bits per heavy atom. The van der Waals surface area contributed by atoms with Crippen molar-refractivity contribution in [1.82, 2.24) is 0 Å². The molecule has 0 atom stereocenters. The molecule has 0 bridgehead atoms. The number of hydrogen-bond donors (Lipinski definition) is 0. The number of carbonyl (C=O) groups is 2.